The lowest BCUT2D eigenvalue weighted by Gasteiger charge is -2.45. The molecule has 180 valence electrons. The van der Waals surface area contributed by atoms with Gasteiger partial charge in [-0.05, 0) is 75.2 Å². The number of hydrogen-bond acceptors (Lipinski definition) is 4. The Morgan fingerprint density at radius 2 is 1.91 bits per heavy atom. The van der Waals surface area contributed by atoms with Crippen molar-refractivity contribution in [2.75, 3.05) is 33.1 Å². The molecule has 33 heavy (non-hydrogen) atoms. The Morgan fingerprint density at radius 1 is 1.15 bits per heavy atom. The Labute approximate surface area is 205 Å². The molecule has 4 rings (SSSR count). The molecule has 2 fully saturated rings. The zero-order chi connectivity index (χ0) is 22.9. The molecule has 2 aromatic rings. The van der Waals surface area contributed by atoms with Gasteiger partial charge < -0.3 is 25.0 Å². The summed E-state index contributed by atoms with van der Waals surface area (Å²) < 4.78 is 24.3. The Balaban J connectivity index is 0.00000306. The molecule has 3 atom stereocenters. The van der Waals surface area contributed by atoms with Crippen molar-refractivity contribution in [2.24, 2.45) is 0 Å². The predicted octanol–water partition coefficient (Wildman–Crippen LogP) is 5.23. The van der Waals surface area contributed by atoms with Crippen molar-refractivity contribution in [3.05, 3.63) is 52.8 Å². The van der Waals surface area contributed by atoms with Crippen LogP contribution in [-0.4, -0.2) is 50.8 Å². The highest BCUT2D eigenvalue weighted by Crippen LogP contribution is 2.49. The van der Waals surface area contributed by atoms with Gasteiger partial charge in [0.15, 0.2) is 11.5 Å². The van der Waals surface area contributed by atoms with Gasteiger partial charge in [-0.25, -0.2) is 9.18 Å². The molecular formula is C24H30Cl2FN3O3. The molecule has 0 radical (unpaired) electrons. The first kappa shape index (κ1) is 25.4. The Morgan fingerprint density at radius 3 is 2.61 bits per heavy atom. The fourth-order valence-electron chi connectivity index (χ4n) is 5.32. The van der Waals surface area contributed by atoms with Crippen molar-refractivity contribution >= 4 is 35.7 Å². The smallest absolute Gasteiger partial charge is 0.319 e. The molecule has 1 heterocycles. The van der Waals surface area contributed by atoms with E-state index < -0.39 is 5.82 Å². The number of nitrogens with zero attached hydrogens (tertiary/aromatic N) is 1. The number of likely N-dealkylation sites (N-methyl/N-ethyl adjacent to an activating group) is 1. The number of fused-ring (bicyclic) bond motifs is 1. The van der Waals surface area contributed by atoms with E-state index in [1.165, 1.54) is 23.8 Å². The SMILES string of the molecule is COc1ccc(C23CCC(NC(=O)Nc4ccc(F)c(Cl)c4)CC2N(C)CC3)cc1OC.Cl. The van der Waals surface area contributed by atoms with Gasteiger partial charge in [0.2, 0.25) is 0 Å². The van der Waals surface area contributed by atoms with Gasteiger partial charge in [-0.2, -0.15) is 0 Å². The average molecular weight is 498 g/mol. The summed E-state index contributed by atoms with van der Waals surface area (Å²) in [5, 5.41) is 5.82. The van der Waals surface area contributed by atoms with Crippen LogP contribution >= 0.6 is 24.0 Å². The Bertz CT molecular complexity index is 1010. The van der Waals surface area contributed by atoms with E-state index in [2.05, 4.69) is 34.7 Å². The summed E-state index contributed by atoms with van der Waals surface area (Å²) in [6.45, 7) is 1.01. The molecule has 2 aromatic carbocycles. The van der Waals surface area contributed by atoms with Crippen molar-refractivity contribution in [1.82, 2.24) is 10.2 Å². The van der Waals surface area contributed by atoms with Crippen molar-refractivity contribution in [3.8, 4) is 11.5 Å². The number of methoxy groups -OCH3 is 2. The minimum absolute atomic E-state index is 0. The van der Waals surface area contributed by atoms with Gasteiger partial charge in [-0.1, -0.05) is 17.7 Å². The molecule has 1 saturated carbocycles. The number of likely N-dealkylation sites (tertiary alicyclic amines) is 1. The summed E-state index contributed by atoms with van der Waals surface area (Å²) in [5.74, 6) is 0.953. The minimum atomic E-state index is -0.513. The third-order valence-electron chi connectivity index (χ3n) is 7.00. The molecule has 2 amide bonds. The lowest BCUT2D eigenvalue weighted by Crippen LogP contribution is -2.52. The first-order valence-electron chi connectivity index (χ1n) is 10.8. The molecular weight excluding hydrogens is 468 g/mol. The van der Waals surface area contributed by atoms with Crippen LogP contribution in [0.2, 0.25) is 5.02 Å². The lowest BCUT2D eigenvalue weighted by atomic mass is 9.65. The number of nitrogens with one attached hydrogen (secondary N) is 2. The highest BCUT2D eigenvalue weighted by atomic mass is 35.5. The summed E-state index contributed by atoms with van der Waals surface area (Å²) in [4.78, 5) is 14.9. The second kappa shape index (κ2) is 10.4. The van der Waals surface area contributed by atoms with Gasteiger partial charge in [0.25, 0.3) is 0 Å². The maximum Gasteiger partial charge on any atom is 0.319 e. The zero-order valence-corrected chi connectivity index (χ0v) is 20.6. The van der Waals surface area contributed by atoms with Crippen LogP contribution in [-0.2, 0) is 5.41 Å². The maximum atomic E-state index is 13.4. The Hall–Kier alpha value is -2.22. The zero-order valence-electron chi connectivity index (χ0n) is 19.0. The predicted molar refractivity (Wildman–Crippen MR) is 131 cm³/mol. The number of anilines is 1. The van der Waals surface area contributed by atoms with Gasteiger partial charge in [-0.15, -0.1) is 12.4 Å². The summed E-state index contributed by atoms with van der Waals surface area (Å²) in [6.07, 6.45) is 3.75. The summed E-state index contributed by atoms with van der Waals surface area (Å²) in [7, 11) is 5.45. The van der Waals surface area contributed by atoms with E-state index in [0.717, 1.165) is 43.7 Å². The van der Waals surface area contributed by atoms with Crippen LogP contribution in [0.4, 0.5) is 14.9 Å². The number of rotatable bonds is 5. The number of ether oxygens (including phenoxy) is 2. The first-order valence-corrected chi connectivity index (χ1v) is 11.2. The topological polar surface area (TPSA) is 62.8 Å². The fraction of sp³-hybridized carbons (Fsp3) is 0.458. The van der Waals surface area contributed by atoms with E-state index in [0.29, 0.717) is 11.7 Å². The molecule has 1 aliphatic heterocycles. The average Bonchev–Trinajstić information content (AvgIpc) is 3.13. The number of urea groups is 1. The fourth-order valence-corrected chi connectivity index (χ4v) is 5.50. The van der Waals surface area contributed by atoms with E-state index in [1.807, 2.05) is 6.07 Å². The summed E-state index contributed by atoms with van der Waals surface area (Å²) in [6, 6.07) is 10.4. The van der Waals surface area contributed by atoms with Crippen molar-refractivity contribution in [1.29, 1.82) is 0 Å². The second-order valence-corrected chi connectivity index (χ2v) is 9.08. The van der Waals surface area contributed by atoms with Crippen LogP contribution in [0.15, 0.2) is 36.4 Å². The van der Waals surface area contributed by atoms with Crippen molar-refractivity contribution in [3.63, 3.8) is 0 Å². The maximum absolute atomic E-state index is 13.4. The third kappa shape index (κ3) is 5.00. The standard InChI is InChI=1S/C24H29ClFN3O3.ClH/c1-29-11-10-24(15-4-7-20(31-2)21(12-15)32-3)9-8-17(14-22(24)29)28-23(30)27-16-5-6-19(26)18(25)13-16;/h4-7,12-13,17,22H,8-11,14H2,1-3H3,(H2,27,28,30);1H. The third-order valence-corrected chi connectivity index (χ3v) is 7.29. The van der Waals surface area contributed by atoms with Gasteiger partial charge in [0, 0.05) is 23.2 Å². The number of halogens is 3. The summed E-state index contributed by atoms with van der Waals surface area (Å²) in [5.41, 5.74) is 1.74. The molecule has 1 aliphatic carbocycles. The monoisotopic (exact) mass is 497 g/mol. The van der Waals surface area contributed by atoms with Crippen LogP contribution in [0, 0.1) is 5.82 Å². The second-order valence-electron chi connectivity index (χ2n) is 8.67. The molecule has 2 N–H and O–H groups in total. The molecule has 6 nitrogen and oxygen atoms in total. The van der Waals surface area contributed by atoms with E-state index in [-0.39, 0.29) is 34.9 Å². The van der Waals surface area contributed by atoms with Gasteiger partial charge in [0.05, 0.1) is 19.2 Å². The van der Waals surface area contributed by atoms with Gasteiger partial charge >= 0.3 is 6.03 Å². The Kier molecular flexibility index (Phi) is 7.98. The number of amides is 2. The molecule has 0 bridgehead atoms. The van der Waals surface area contributed by atoms with E-state index in [4.69, 9.17) is 21.1 Å². The normalized spacial score (nSPS) is 24.4. The number of hydrogen-bond donors (Lipinski definition) is 2. The first-order chi connectivity index (χ1) is 15.4. The van der Waals surface area contributed by atoms with Crippen LogP contribution < -0.4 is 20.1 Å². The van der Waals surface area contributed by atoms with Crippen LogP contribution in [0.5, 0.6) is 11.5 Å². The lowest BCUT2D eigenvalue weighted by molar-refractivity contribution is 0.156. The number of carbonyl (C=O) groups is 1. The van der Waals surface area contributed by atoms with Gasteiger partial charge in [0.1, 0.15) is 5.82 Å². The highest BCUT2D eigenvalue weighted by Gasteiger charge is 2.50. The van der Waals surface area contributed by atoms with Crippen LogP contribution in [0.3, 0.4) is 0 Å². The molecule has 0 aromatic heterocycles. The molecule has 0 spiro atoms. The molecule has 3 unspecified atom stereocenters. The minimum Gasteiger partial charge on any atom is -0.493 e. The van der Waals surface area contributed by atoms with E-state index in [1.54, 1.807) is 14.2 Å². The number of carbonyl (C=O) groups excluding carboxylic acids is 1. The highest BCUT2D eigenvalue weighted by molar-refractivity contribution is 6.31. The van der Waals surface area contributed by atoms with Crippen LogP contribution in [0.1, 0.15) is 31.2 Å². The molecule has 9 heteroatoms. The largest absolute Gasteiger partial charge is 0.493 e. The number of benzene rings is 2. The molecule has 2 aliphatic rings. The quantitative estimate of drug-likeness (QED) is 0.593. The van der Waals surface area contributed by atoms with Crippen molar-refractivity contribution in [2.45, 2.75) is 43.2 Å². The van der Waals surface area contributed by atoms with E-state index >= 15 is 0 Å². The van der Waals surface area contributed by atoms with Crippen molar-refractivity contribution < 1.29 is 18.7 Å². The van der Waals surface area contributed by atoms with Gasteiger partial charge in [-0.3, -0.25) is 0 Å². The summed E-state index contributed by atoms with van der Waals surface area (Å²) >= 11 is 5.81. The van der Waals surface area contributed by atoms with E-state index in [9.17, 15) is 9.18 Å². The molecule has 1 saturated heterocycles. The van der Waals surface area contributed by atoms with Crippen LogP contribution in [0.25, 0.3) is 0 Å².